The molecule has 0 aromatic heterocycles. The predicted octanol–water partition coefficient (Wildman–Crippen LogP) is 20.4. The Balaban J connectivity index is 4.55. The molecule has 0 aromatic rings. The van der Waals surface area contributed by atoms with Gasteiger partial charge in [0.15, 0.2) is 6.10 Å². The van der Waals surface area contributed by atoms with Crippen LogP contribution in [0.2, 0.25) is 0 Å². The van der Waals surface area contributed by atoms with Crippen molar-refractivity contribution in [2.75, 3.05) is 13.2 Å². The molecular weight excluding hydrogens is 901 g/mol. The Labute approximate surface area is 450 Å². The summed E-state index contributed by atoms with van der Waals surface area (Å²) in [6.07, 6.45) is 83.4. The zero-order valence-electron chi connectivity index (χ0n) is 47.4. The zero-order valence-corrected chi connectivity index (χ0v) is 47.4. The van der Waals surface area contributed by atoms with E-state index in [2.05, 4.69) is 136 Å². The molecule has 0 N–H and O–H groups in total. The second kappa shape index (κ2) is 60.4. The Morgan fingerprint density at radius 3 is 0.945 bits per heavy atom. The quantitative estimate of drug-likeness (QED) is 0.0261. The number of allylic oxidation sites excluding steroid dienone is 20. The molecule has 0 radical (unpaired) electrons. The number of hydrogen-bond acceptors (Lipinski definition) is 6. The summed E-state index contributed by atoms with van der Waals surface area (Å²) in [6, 6.07) is 0. The monoisotopic (exact) mass is 1010 g/mol. The van der Waals surface area contributed by atoms with Crippen LogP contribution < -0.4 is 0 Å². The van der Waals surface area contributed by atoms with E-state index < -0.39 is 6.10 Å². The number of rotatable bonds is 53. The Kier molecular flexibility index (Phi) is 56.9. The predicted molar refractivity (Wildman–Crippen MR) is 316 cm³/mol. The van der Waals surface area contributed by atoms with Crippen molar-refractivity contribution < 1.29 is 28.6 Å². The highest BCUT2D eigenvalue weighted by molar-refractivity contribution is 5.71. The standard InChI is InChI=1S/C67H110O6/c1-4-7-10-13-16-19-22-25-28-31-33-36-38-41-44-47-50-53-56-59-65(68)71-62-64(73-67(70)61-58-55-52-49-46-43-40-35-30-27-24-21-18-15-12-9-6-3)63-72-66(69)60-57-54-51-48-45-42-39-37-34-32-29-26-23-20-17-14-11-8-5-2/h7,10,16-17,19-20,25-26,28-29,33-34,36-37,41-42,44-45,51,54,64H,4-6,8-9,11-15,18,21-24,27,30-32,35,38-40,43,46-50,52-53,55-63H2,1-3H3/b10-7-,19-16-,20-17-,28-25-,29-26-,36-33-,37-34-,44-41-,45-42-,54-51-/t64-/m1/s1. The first kappa shape index (κ1) is 68.8. The van der Waals surface area contributed by atoms with Gasteiger partial charge in [-0.3, -0.25) is 14.4 Å². The van der Waals surface area contributed by atoms with Gasteiger partial charge in [-0.15, -0.1) is 0 Å². The van der Waals surface area contributed by atoms with Gasteiger partial charge < -0.3 is 14.2 Å². The molecule has 0 heterocycles. The number of unbranched alkanes of at least 4 members (excludes halogenated alkanes) is 22. The Morgan fingerprint density at radius 2 is 0.562 bits per heavy atom. The van der Waals surface area contributed by atoms with Crippen molar-refractivity contribution in [2.24, 2.45) is 0 Å². The molecule has 0 saturated heterocycles. The second-order valence-corrected chi connectivity index (χ2v) is 19.5. The maximum atomic E-state index is 12.9. The zero-order chi connectivity index (χ0) is 52.9. The van der Waals surface area contributed by atoms with Crippen molar-refractivity contribution in [3.8, 4) is 0 Å². The molecule has 0 aliphatic heterocycles. The summed E-state index contributed by atoms with van der Waals surface area (Å²) in [7, 11) is 0. The molecule has 0 bridgehead atoms. The molecule has 414 valence electrons. The van der Waals surface area contributed by atoms with Crippen LogP contribution >= 0.6 is 0 Å². The average molecular weight is 1010 g/mol. The molecule has 73 heavy (non-hydrogen) atoms. The molecule has 0 aromatic carbocycles. The van der Waals surface area contributed by atoms with E-state index in [1.807, 2.05) is 6.08 Å². The van der Waals surface area contributed by atoms with E-state index in [0.29, 0.717) is 19.3 Å². The number of hydrogen-bond donors (Lipinski definition) is 0. The van der Waals surface area contributed by atoms with Gasteiger partial charge in [0.1, 0.15) is 13.2 Å². The fourth-order valence-corrected chi connectivity index (χ4v) is 7.98. The largest absolute Gasteiger partial charge is 0.462 e. The van der Waals surface area contributed by atoms with Gasteiger partial charge in [0.25, 0.3) is 0 Å². The van der Waals surface area contributed by atoms with Crippen molar-refractivity contribution in [3.63, 3.8) is 0 Å². The lowest BCUT2D eigenvalue weighted by Gasteiger charge is -2.18. The molecule has 0 saturated carbocycles. The molecule has 0 fully saturated rings. The van der Waals surface area contributed by atoms with E-state index in [1.54, 1.807) is 0 Å². The normalized spacial score (nSPS) is 13.0. The van der Waals surface area contributed by atoms with Crippen molar-refractivity contribution in [3.05, 3.63) is 122 Å². The minimum absolute atomic E-state index is 0.119. The van der Waals surface area contributed by atoms with Crippen LogP contribution in [0.1, 0.15) is 265 Å². The van der Waals surface area contributed by atoms with Crippen molar-refractivity contribution in [1.82, 2.24) is 0 Å². The first-order valence-corrected chi connectivity index (χ1v) is 30.0. The van der Waals surface area contributed by atoms with Gasteiger partial charge in [0.05, 0.1) is 0 Å². The summed E-state index contributed by atoms with van der Waals surface area (Å²) >= 11 is 0. The van der Waals surface area contributed by atoms with Gasteiger partial charge in [-0.2, -0.15) is 0 Å². The van der Waals surface area contributed by atoms with Crippen LogP contribution in [0.15, 0.2) is 122 Å². The molecule has 1 atom stereocenters. The maximum Gasteiger partial charge on any atom is 0.306 e. The minimum atomic E-state index is -0.825. The van der Waals surface area contributed by atoms with E-state index >= 15 is 0 Å². The SMILES string of the molecule is CC/C=C\C/C=C\C/C=C\C/C=C\C/C=C\CCCCCC(=O)OC[C@H](COC(=O)CC/C=C\C/C=C\C/C=C\C/C=C\C/C=C\CCCCC)OC(=O)CCCCCCCCCCCCCCCCCCC. The van der Waals surface area contributed by atoms with E-state index in [-0.39, 0.29) is 37.5 Å². The van der Waals surface area contributed by atoms with Crippen LogP contribution in [0.5, 0.6) is 0 Å². The lowest BCUT2D eigenvalue weighted by molar-refractivity contribution is -0.166. The first-order valence-electron chi connectivity index (χ1n) is 30.0. The number of carbonyl (C=O) groups excluding carboxylic acids is 3. The summed E-state index contributed by atoms with van der Waals surface area (Å²) in [5, 5.41) is 0. The number of esters is 3. The third kappa shape index (κ3) is 58.6. The maximum absolute atomic E-state index is 12.9. The molecule has 0 amide bonds. The molecular formula is C67H110O6. The van der Waals surface area contributed by atoms with E-state index in [4.69, 9.17) is 14.2 Å². The van der Waals surface area contributed by atoms with Crippen LogP contribution in [-0.2, 0) is 28.6 Å². The Hall–Kier alpha value is -4.19. The molecule has 0 spiro atoms. The highest BCUT2D eigenvalue weighted by Gasteiger charge is 2.19. The van der Waals surface area contributed by atoms with Crippen molar-refractivity contribution >= 4 is 17.9 Å². The van der Waals surface area contributed by atoms with E-state index in [1.165, 1.54) is 116 Å². The van der Waals surface area contributed by atoms with Crippen molar-refractivity contribution in [2.45, 2.75) is 271 Å². The van der Waals surface area contributed by atoms with Gasteiger partial charge in [0.2, 0.25) is 0 Å². The van der Waals surface area contributed by atoms with Crippen LogP contribution in [0.25, 0.3) is 0 Å². The Bertz CT molecular complexity index is 1540. The molecule has 0 aliphatic rings. The van der Waals surface area contributed by atoms with Gasteiger partial charge in [-0.25, -0.2) is 0 Å². The van der Waals surface area contributed by atoms with E-state index in [9.17, 15) is 14.4 Å². The third-order valence-electron chi connectivity index (χ3n) is 12.5. The lowest BCUT2D eigenvalue weighted by Crippen LogP contribution is -2.30. The van der Waals surface area contributed by atoms with Crippen LogP contribution in [0.4, 0.5) is 0 Å². The summed E-state index contributed by atoms with van der Waals surface area (Å²) in [5.74, 6) is -1.03. The second-order valence-electron chi connectivity index (χ2n) is 19.5. The van der Waals surface area contributed by atoms with Crippen molar-refractivity contribution in [1.29, 1.82) is 0 Å². The Morgan fingerprint density at radius 1 is 0.288 bits per heavy atom. The molecule has 0 unspecified atom stereocenters. The summed E-state index contributed by atoms with van der Waals surface area (Å²) in [5.41, 5.74) is 0. The summed E-state index contributed by atoms with van der Waals surface area (Å²) in [4.78, 5) is 38.2. The molecule has 6 heteroatoms. The van der Waals surface area contributed by atoms with Crippen LogP contribution in [0.3, 0.4) is 0 Å². The van der Waals surface area contributed by atoms with Gasteiger partial charge >= 0.3 is 17.9 Å². The highest BCUT2D eigenvalue weighted by Crippen LogP contribution is 2.15. The average Bonchev–Trinajstić information content (AvgIpc) is 3.39. The van der Waals surface area contributed by atoms with Gasteiger partial charge in [0, 0.05) is 19.3 Å². The molecule has 0 rings (SSSR count). The highest BCUT2D eigenvalue weighted by atomic mass is 16.6. The lowest BCUT2D eigenvalue weighted by atomic mass is 10.0. The fraction of sp³-hybridized carbons (Fsp3) is 0.657. The molecule has 6 nitrogen and oxygen atoms in total. The van der Waals surface area contributed by atoms with Crippen LogP contribution in [0, 0.1) is 0 Å². The van der Waals surface area contributed by atoms with E-state index in [0.717, 1.165) is 103 Å². The van der Waals surface area contributed by atoms with Gasteiger partial charge in [-0.1, -0.05) is 264 Å². The fourth-order valence-electron chi connectivity index (χ4n) is 7.98. The molecule has 0 aliphatic carbocycles. The topological polar surface area (TPSA) is 78.9 Å². The number of ether oxygens (including phenoxy) is 3. The van der Waals surface area contributed by atoms with Gasteiger partial charge in [-0.05, 0) is 103 Å². The van der Waals surface area contributed by atoms with Crippen LogP contribution in [-0.4, -0.2) is 37.2 Å². The number of carbonyl (C=O) groups is 3. The minimum Gasteiger partial charge on any atom is -0.462 e. The summed E-state index contributed by atoms with van der Waals surface area (Å²) in [6.45, 7) is 6.42. The third-order valence-corrected chi connectivity index (χ3v) is 12.5. The first-order chi connectivity index (χ1) is 36.0. The smallest absolute Gasteiger partial charge is 0.306 e. The summed E-state index contributed by atoms with van der Waals surface area (Å²) < 4.78 is 16.8.